The molecule has 6 heteroatoms. The molecule has 2 aromatic carbocycles. The molecule has 2 heterocycles. The molecule has 4 aromatic rings. The van der Waals surface area contributed by atoms with Crippen LogP contribution in [-0.2, 0) is 6.54 Å². The number of aryl methyl sites for hydroxylation is 2. The fourth-order valence-corrected chi connectivity index (χ4v) is 3.48. The predicted octanol–water partition coefficient (Wildman–Crippen LogP) is 5.36. The van der Waals surface area contributed by atoms with Gasteiger partial charge in [0.1, 0.15) is 5.82 Å². The molecule has 0 fully saturated rings. The fourth-order valence-electron chi connectivity index (χ4n) is 3.16. The van der Waals surface area contributed by atoms with Gasteiger partial charge in [-0.05, 0) is 66.9 Å². The molecule has 0 spiro atoms. The molecular formula is C21H17Cl2N3O. The minimum Gasteiger partial charge on any atom is -0.328 e. The van der Waals surface area contributed by atoms with Crippen LogP contribution in [-0.4, -0.2) is 14.5 Å². The third-order valence-corrected chi connectivity index (χ3v) is 5.49. The third-order valence-electron chi connectivity index (χ3n) is 4.75. The topological polar surface area (TPSA) is 50.7 Å². The molecule has 27 heavy (non-hydrogen) atoms. The number of aromatic amines is 1. The van der Waals surface area contributed by atoms with Gasteiger partial charge in [-0.25, -0.2) is 4.98 Å². The van der Waals surface area contributed by atoms with E-state index in [-0.39, 0.29) is 5.56 Å². The van der Waals surface area contributed by atoms with Gasteiger partial charge in [-0.15, -0.1) is 0 Å². The van der Waals surface area contributed by atoms with Gasteiger partial charge in [0, 0.05) is 12.7 Å². The highest BCUT2D eigenvalue weighted by atomic mass is 35.5. The molecule has 4 nitrogen and oxygen atoms in total. The number of benzene rings is 2. The normalized spacial score (nSPS) is 11.3. The third kappa shape index (κ3) is 3.27. The molecule has 0 saturated carbocycles. The molecule has 0 radical (unpaired) electrons. The van der Waals surface area contributed by atoms with Crippen molar-refractivity contribution in [1.82, 2.24) is 14.5 Å². The van der Waals surface area contributed by atoms with Crippen LogP contribution in [0.4, 0.5) is 0 Å². The van der Waals surface area contributed by atoms with Crippen molar-refractivity contribution in [3.8, 4) is 11.4 Å². The Bertz CT molecular complexity index is 1220. The van der Waals surface area contributed by atoms with Crippen molar-refractivity contribution in [2.45, 2.75) is 20.4 Å². The van der Waals surface area contributed by atoms with Gasteiger partial charge in [-0.2, -0.15) is 0 Å². The number of H-pyrrole nitrogens is 1. The lowest BCUT2D eigenvalue weighted by atomic mass is 10.1. The van der Waals surface area contributed by atoms with Crippen LogP contribution >= 0.6 is 23.2 Å². The maximum Gasteiger partial charge on any atom is 0.258 e. The lowest BCUT2D eigenvalue weighted by Crippen LogP contribution is -2.11. The number of fused-ring (bicyclic) bond motifs is 1. The predicted molar refractivity (Wildman–Crippen MR) is 111 cm³/mol. The number of nitrogens with zero attached hydrogens (tertiary/aromatic N) is 2. The molecule has 0 aliphatic carbocycles. The van der Waals surface area contributed by atoms with Gasteiger partial charge in [0.2, 0.25) is 0 Å². The maximum absolute atomic E-state index is 12.4. The van der Waals surface area contributed by atoms with E-state index in [1.807, 2.05) is 16.7 Å². The number of nitrogens with one attached hydrogen (secondary N) is 1. The summed E-state index contributed by atoms with van der Waals surface area (Å²) in [5.41, 5.74) is 5.51. The zero-order valence-corrected chi connectivity index (χ0v) is 16.4. The molecule has 0 atom stereocenters. The second-order valence-electron chi connectivity index (χ2n) is 6.61. The van der Waals surface area contributed by atoms with Crippen LogP contribution in [0.5, 0.6) is 0 Å². The van der Waals surface area contributed by atoms with Gasteiger partial charge in [0.15, 0.2) is 0 Å². The molecule has 136 valence electrons. The van der Waals surface area contributed by atoms with Crippen LogP contribution in [0.25, 0.3) is 22.4 Å². The van der Waals surface area contributed by atoms with Crippen LogP contribution in [0, 0.1) is 13.8 Å². The summed E-state index contributed by atoms with van der Waals surface area (Å²) >= 11 is 12.2. The Labute approximate surface area is 166 Å². The van der Waals surface area contributed by atoms with Crippen molar-refractivity contribution in [2.75, 3.05) is 0 Å². The number of rotatable bonds is 3. The van der Waals surface area contributed by atoms with Crippen LogP contribution < -0.4 is 5.56 Å². The van der Waals surface area contributed by atoms with Crippen molar-refractivity contribution >= 4 is 34.2 Å². The smallest absolute Gasteiger partial charge is 0.258 e. The van der Waals surface area contributed by atoms with Crippen molar-refractivity contribution < 1.29 is 0 Å². The minimum atomic E-state index is -0.170. The zero-order valence-electron chi connectivity index (χ0n) is 14.9. The number of halogens is 2. The van der Waals surface area contributed by atoms with E-state index in [0.717, 1.165) is 22.2 Å². The van der Waals surface area contributed by atoms with E-state index in [0.29, 0.717) is 28.0 Å². The average Bonchev–Trinajstić information content (AvgIpc) is 2.96. The second-order valence-corrected chi connectivity index (χ2v) is 7.42. The van der Waals surface area contributed by atoms with E-state index in [4.69, 9.17) is 28.2 Å². The SMILES string of the molecule is Cc1cc2nc(-c3ccc[nH]c3=O)n(Cc3ccc(Cl)c(Cl)c3)c2cc1C. The standard InChI is InChI=1S/C21H17Cl2N3O/c1-12-8-18-19(9-13(12)2)26(11-14-5-6-16(22)17(23)10-14)20(25-18)15-4-3-7-24-21(15)27/h3-10H,11H2,1-2H3,(H,24,27). The minimum absolute atomic E-state index is 0.170. The first-order valence-electron chi connectivity index (χ1n) is 8.53. The molecule has 0 aliphatic rings. The summed E-state index contributed by atoms with van der Waals surface area (Å²) < 4.78 is 2.05. The first kappa shape index (κ1) is 17.8. The first-order valence-corrected chi connectivity index (χ1v) is 9.29. The highest BCUT2D eigenvalue weighted by Crippen LogP contribution is 2.28. The quantitative estimate of drug-likeness (QED) is 0.505. The molecule has 0 amide bonds. The molecule has 2 aromatic heterocycles. The highest BCUT2D eigenvalue weighted by molar-refractivity contribution is 6.42. The Morgan fingerprint density at radius 1 is 1.04 bits per heavy atom. The second kappa shape index (κ2) is 6.87. The highest BCUT2D eigenvalue weighted by Gasteiger charge is 2.16. The fraction of sp³-hybridized carbons (Fsp3) is 0.143. The molecule has 0 bridgehead atoms. The summed E-state index contributed by atoms with van der Waals surface area (Å²) in [5, 5.41) is 1.02. The Kier molecular flexibility index (Phi) is 4.54. The summed E-state index contributed by atoms with van der Waals surface area (Å²) in [4.78, 5) is 19.9. The largest absolute Gasteiger partial charge is 0.328 e. The van der Waals surface area contributed by atoms with Gasteiger partial charge in [-0.3, -0.25) is 4.79 Å². The van der Waals surface area contributed by atoms with Crippen LogP contribution in [0.1, 0.15) is 16.7 Å². The number of aromatic nitrogens is 3. The number of hydrogen-bond donors (Lipinski definition) is 1. The lowest BCUT2D eigenvalue weighted by molar-refractivity contribution is 0.832. The monoisotopic (exact) mass is 397 g/mol. The van der Waals surface area contributed by atoms with E-state index < -0.39 is 0 Å². The first-order chi connectivity index (χ1) is 12.9. The Morgan fingerprint density at radius 2 is 1.81 bits per heavy atom. The molecule has 4 rings (SSSR count). The summed E-state index contributed by atoms with van der Waals surface area (Å²) in [6.45, 7) is 4.65. The van der Waals surface area contributed by atoms with Crippen molar-refractivity contribution in [3.05, 3.63) is 85.8 Å². The van der Waals surface area contributed by atoms with E-state index in [1.54, 1.807) is 24.4 Å². The van der Waals surface area contributed by atoms with E-state index in [1.165, 1.54) is 5.56 Å². The van der Waals surface area contributed by atoms with Crippen molar-refractivity contribution in [3.63, 3.8) is 0 Å². The van der Waals surface area contributed by atoms with Crippen molar-refractivity contribution in [1.29, 1.82) is 0 Å². The van der Waals surface area contributed by atoms with Crippen LogP contribution in [0.3, 0.4) is 0 Å². The molecule has 0 unspecified atom stereocenters. The summed E-state index contributed by atoms with van der Waals surface area (Å²) in [7, 11) is 0. The number of pyridine rings is 1. The zero-order chi connectivity index (χ0) is 19.1. The van der Waals surface area contributed by atoms with Gasteiger partial charge < -0.3 is 9.55 Å². The Morgan fingerprint density at radius 3 is 2.56 bits per heavy atom. The summed E-state index contributed by atoms with van der Waals surface area (Å²) in [6.07, 6.45) is 1.62. The van der Waals surface area contributed by atoms with Gasteiger partial charge in [0.25, 0.3) is 5.56 Å². The van der Waals surface area contributed by atoms with E-state index in [9.17, 15) is 4.79 Å². The van der Waals surface area contributed by atoms with Gasteiger partial charge in [0.05, 0.1) is 26.6 Å². The molecule has 0 aliphatic heterocycles. The Balaban J connectivity index is 1.96. The van der Waals surface area contributed by atoms with Crippen LogP contribution in [0.15, 0.2) is 53.5 Å². The molecule has 1 N–H and O–H groups in total. The number of imidazole rings is 1. The molecule has 0 saturated heterocycles. The average molecular weight is 398 g/mol. The van der Waals surface area contributed by atoms with E-state index >= 15 is 0 Å². The van der Waals surface area contributed by atoms with Crippen LogP contribution in [0.2, 0.25) is 10.0 Å². The van der Waals surface area contributed by atoms with Crippen molar-refractivity contribution in [2.24, 2.45) is 0 Å². The van der Waals surface area contributed by atoms with Gasteiger partial charge >= 0.3 is 0 Å². The number of hydrogen-bond acceptors (Lipinski definition) is 2. The van der Waals surface area contributed by atoms with E-state index in [2.05, 4.69) is 31.0 Å². The maximum atomic E-state index is 12.4. The summed E-state index contributed by atoms with van der Waals surface area (Å²) in [6, 6.07) is 13.3. The lowest BCUT2D eigenvalue weighted by Gasteiger charge is -2.11. The summed E-state index contributed by atoms with van der Waals surface area (Å²) in [5.74, 6) is 0.628. The van der Waals surface area contributed by atoms with Gasteiger partial charge in [-0.1, -0.05) is 29.3 Å². The molecular weight excluding hydrogens is 381 g/mol. The Hall–Kier alpha value is -2.56.